The second kappa shape index (κ2) is 11.8. The van der Waals surface area contributed by atoms with Crippen molar-refractivity contribution in [2.75, 3.05) is 5.32 Å². The number of hydrogen-bond donors (Lipinski definition) is 1. The fourth-order valence-electron chi connectivity index (χ4n) is 3.07. The molecule has 0 saturated heterocycles. The molecule has 8 heteroatoms. The molecule has 4 nitrogen and oxygen atoms in total. The molecule has 3 rings (SSSR count). The highest BCUT2D eigenvalue weighted by Gasteiger charge is 2.15. The van der Waals surface area contributed by atoms with E-state index in [2.05, 4.69) is 101 Å². The molecule has 3 aromatic rings. The molecule has 0 aliphatic rings. The van der Waals surface area contributed by atoms with Crippen molar-refractivity contribution in [1.82, 2.24) is 0 Å². The molecule has 0 fully saturated rings. The second-order valence-corrected chi connectivity index (χ2v) is 11.4. The number of halogens is 4. The Balaban J connectivity index is 1.81. The molecular formula is C25H18Br2I2N2O2. The maximum atomic E-state index is 12.8. The van der Waals surface area contributed by atoms with Crippen LogP contribution < -0.4 is 10.1 Å². The summed E-state index contributed by atoms with van der Waals surface area (Å²) in [6.07, 6.45) is 1.58. The Hall–Kier alpha value is -1.42. The summed E-state index contributed by atoms with van der Waals surface area (Å²) in [6.45, 7) is 4.48. The van der Waals surface area contributed by atoms with Crippen molar-refractivity contribution in [1.29, 1.82) is 5.26 Å². The fourth-order valence-corrected chi connectivity index (χ4v) is 6.81. The topological polar surface area (TPSA) is 62.1 Å². The molecule has 1 N–H and O–H groups in total. The van der Waals surface area contributed by atoms with E-state index in [1.54, 1.807) is 6.08 Å². The van der Waals surface area contributed by atoms with Crippen LogP contribution in [0.4, 0.5) is 5.69 Å². The molecule has 1 amide bonds. The lowest BCUT2D eigenvalue weighted by Crippen LogP contribution is -2.14. The van der Waals surface area contributed by atoms with Crippen LogP contribution in [0.3, 0.4) is 0 Å². The van der Waals surface area contributed by atoms with Crippen molar-refractivity contribution in [3.05, 3.63) is 92.4 Å². The van der Waals surface area contributed by atoms with Crippen LogP contribution in [0.2, 0.25) is 0 Å². The number of amides is 1. The van der Waals surface area contributed by atoms with Crippen LogP contribution in [-0.2, 0) is 11.4 Å². The molecule has 0 bridgehead atoms. The lowest BCUT2D eigenvalue weighted by molar-refractivity contribution is -0.112. The van der Waals surface area contributed by atoms with Gasteiger partial charge in [-0.15, -0.1) is 0 Å². The average Bonchev–Trinajstić information content (AvgIpc) is 2.73. The maximum Gasteiger partial charge on any atom is 0.266 e. The molecule has 0 unspecified atom stereocenters. The van der Waals surface area contributed by atoms with Crippen molar-refractivity contribution in [3.8, 4) is 11.8 Å². The van der Waals surface area contributed by atoms with Crippen LogP contribution in [0.1, 0.15) is 22.3 Å². The number of nitrogens with one attached hydrogen (secondary N) is 1. The Morgan fingerprint density at radius 3 is 2.27 bits per heavy atom. The number of nitrogens with zero attached hydrogens (tertiary/aromatic N) is 1. The summed E-state index contributed by atoms with van der Waals surface area (Å²) in [6, 6.07) is 17.8. The van der Waals surface area contributed by atoms with E-state index >= 15 is 0 Å². The minimum atomic E-state index is -0.479. The summed E-state index contributed by atoms with van der Waals surface area (Å²) in [4.78, 5) is 12.8. The number of nitriles is 1. The number of benzene rings is 3. The van der Waals surface area contributed by atoms with Gasteiger partial charge >= 0.3 is 0 Å². The largest absolute Gasteiger partial charge is 0.487 e. The van der Waals surface area contributed by atoms with Gasteiger partial charge in [0.2, 0.25) is 0 Å². The molecule has 168 valence electrons. The van der Waals surface area contributed by atoms with Gasteiger partial charge in [-0.3, -0.25) is 4.79 Å². The lowest BCUT2D eigenvalue weighted by Gasteiger charge is -2.12. The molecule has 0 radical (unpaired) electrons. The van der Waals surface area contributed by atoms with Crippen LogP contribution in [0.25, 0.3) is 6.08 Å². The average molecular weight is 792 g/mol. The van der Waals surface area contributed by atoms with Gasteiger partial charge in [-0.25, -0.2) is 0 Å². The summed E-state index contributed by atoms with van der Waals surface area (Å²) in [5.41, 5.74) is 4.66. The third-order valence-corrected chi connectivity index (χ3v) is 7.44. The molecule has 0 atom stereocenters. The first-order valence-corrected chi connectivity index (χ1v) is 13.5. The quantitative estimate of drug-likeness (QED) is 0.156. The summed E-state index contributed by atoms with van der Waals surface area (Å²) < 4.78 is 9.34. The highest BCUT2D eigenvalue weighted by atomic mass is 127. The minimum Gasteiger partial charge on any atom is -0.487 e. The Morgan fingerprint density at radius 1 is 1.06 bits per heavy atom. The first-order valence-electron chi connectivity index (χ1n) is 9.74. The van der Waals surface area contributed by atoms with E-state index in [-0.39, 0.29) is 5.57 Å². The SMILES string of the molecule is Cc1cccc(COc2c(I)cc(/C=C(\C#N)C(=O)Nc3c(Br)cc(C)cc3Br)cc2I)c1. The molecule has 0 saturated carbocycles. The molecule has 3 aromatic carbocycles. The number of carbonyl (C=O) groups is 1. The highest BCUT2D eigenvalue weighted by molar-refractivity contribution is 14.1. The zero-order valence-corrected chi connectivity index (χ0v) is 25.2. The van der Waals surface area contributed by atoms with Crippen molar-refractivity contribution in [2.24, 2.45) is 0 Å². The van der Waals surface area contributed by atoms with Gasteiger partial charge in [0.05, 0.1) is 12.8 Å². The normalized spacial score (nSPS) is 11.1. The molecule has 0 aliphatic carbocycles. The second-order valence-electron chi connectivity index (χ2n) is 7.32. The summed E-state index contributed by atoms with van der Waals surface area (Å²) in [7, 11) is 0. The van der Waals surface area contributed by atoms with E-state index in [9.17, 15) is 10.1 Å². The van der Waals surface area contributed by atoms with Crippen molar-refractivity contribution < 1.29 is 9.53 Å². The first kappa shape index (κ1) is 26.2. The summed E-state index contributed by atoms with van der Waals surface area (Å²) in [5.74, 6) is 0.304. The highest BCUT2D eigenvalue weighted by Crippen LogP contribution is 2.33. The van der Waals surface area contributed by atoms with E-state index < -0.39 is 5.91 Å². The number of rotatable bonds is 6. The first-order chi connectivity index (χ1) is 15.7. The van der Waals surface area contributed by atoms with Crippen LogP contribution in [0.5, 0.6) is 5.75 Å². The van der Waals surface area contributed by atoms with Crippen molar-refractivity contribution >= 4 is 94.7 Å². The van der Waals surface area contributed by atoms with Crippen LogP contribution >= 0.6 is 77.0 Å². The monoisotopic (exact) mass is 790 g/mol. The van der Waals surface area contributed by atoms with E-state index in [0.717, 1.165) is 38.5 Å². The van der Waals surface area contributed by atoms with Gasteiger partial charge in [-0.1, -0.05) is 29.8 Å². The van der Waals surface area contributed by atoms with Gasteiger partial charge < -0.3 is 10.1 Å². The predicted octanol–water partition coefficient (Wildman–Crippen LogP) is 8.16. The standard InChI is InChI=1S/C25H18Br2I2N2O2/c1-14-4-3-5-16(6-14)13-33-24-21(28)10-17(11-22(24)29)9-18(12-30)25(32)31-23-19(26)7-15(2)8-20(23)27/h3-11H,13H2,1-2H3,(H,31,32)/b18-9+. The molecular weight excluding hydrogens is 774 g/mol. The molecule has 33 heavy (non-hydrogen) atoms. The van der Waals surface area contributed by atoms with E-state index in [0.29, 0.717) is 12.3 Å². The van der Waals surface area contributed by atoms with Gasteiger partial charge in [0, 0.05) is 8.95 Å². The number of aryl methyl sites for hydroxylation is 2. The predicted molar refractivity (Wildman–Crippen MR) is 156 cm³/mol. The zero-order chi connectivity index (χ0) is 24.1. The van der Waals surface area contributed by atoms with Gasteiger partial charge in [-0.2, -0.15) is 5.26 Å². The number of carbonyl (C=O) groups excluding carboxylic acids is 1. The molecule has 0 aromatic heterocycles. The van der Waals surface area contributed by atoms with Gasteiger partial charge in [-0.05, 0) is 138 Å². The molecule has 0 heterocycles. The third kappa shape index (κ3) is 7.04. The third-order valence-electron chi connectivity index (χ3n) is 4.59. The maximum absolute atomic E-state index is 12.8. The van der Waals surface area contributed by atoms with E-state index in [4.69, 9.17) is 4.74 Å². The Morgan fingerprint density at radius 2 is 1.70 bits per heavy atom. The van der Waals surface area contributed by atoms with E-state index in [1.165, 1.54) is 5.56 Å². The summed E-state index contributed by atoms with van der Waals surface area (Å²) >= 11 is 11.4. The van der Waals surface area contributed by atoms with E-state index in [1.807, 2.05) is 49.4 Å². The fraction of sp³-hybridized carbons (Fsp3) is 0.120. The number of anilines is 1. The molecule has 0 spiro atoms. The number of hydrogen-bond acceptors (Lipinski definition) is 3. The zero-order valence-electron chi connectivity index (χ0n) is 17.7. The van der Waals surface area contributed by atoms with Gasteiger partial charge in [0.15, 0.2) is 0 Å². The number of ether oxygens (including phenoxy) is 1. The van der Waals surface area contributed by atoms with Gasteiger partial charge in [0.1, 0.15) is 24.0 Å². The van der Waals surface area contributed by atoms with Crippen molar-refractivity contribution in [3.63, 3.8) is 0 Å². The van der Waals surface area contributed by atoms with Crippen LogP contribution in [-0.4, -0.2) is 5.91 Å². The summed E-state index contributed by atoms with van der Waals surface area (Å²) in [5, 5.41) is 12.4. The Kier molecular flexibility index (Phi) is 9.38. The van der Waals surface area contributed by atoms with Crippen LogP contribution in [0.15, 0.2) is 63.0 Å². The molecule has 0 aliphatic heterocycles. The van der Waals surface area contributed by atoms with Crippen LogP contribution in [0, 0.1) is 32.3 Å². The van der Waals surface area contributed by atoms with Crippen molar-refractivity contribution in [2.45, 2.75) is 20.5 Å². The lowest BCUT2D eigenvalue weighted by atomic mass is 10.1. The minimum absolute atomic E-state index is 0.00871. The van der Waals surface area contributed by atoms with Gasteiger partial charge in [0.25, 0.3) is 5.91 Å². The smallest absolute Gasteiger partial charge is 0.266 e. The Bertz CT molecular complexity index is 1250. The Labute approximate surface area is 237 Å².